The molecule has 0 saturated carbocycles. The first-order chi connectivity index (χ1) is 13.3. The number of hydrogen-bond donors (Lipinski definition) is 0. The van der Waals surface area contributed by atoms with Crippen molar-refractivity contribution in [1.82, 2.24) is 9.21 Å². The lowest BCUT2D eigenvalue weighted by molar-refractivity contribution is -0.134. The highest BCUT2D eigenvalue weighted by Crippen LogP contribution is 2.19. The van der Waals surface area contributed by atoms with E-state index in [0.717, 1.165) is 16.7 Å². The number of piperazine rings is 1. The predicted molar refractivity (Wildman–Crippen MR) is 109 cm³/mol. The summed E-state index contributed by atoms with van der Waals surface area (Å²) < 4.78 is 32.3. The third-order valence-electron chi connectivity index (χ3n) is 4.86. The van der Waals surface area contributed by atoms with Gasteiger partial charge < -0.3 is 9.64 Å². The highest BCUT2D eigenvalue weighted by molar-refractivity contribution is 7.88. The molecule has 0 radical (unpaired) electrons. The van der Waals surface area contributed by atoms with Crippen molar-refractivity contribution < 1.29 is 17.9 Å². The van der Waals surface area contributed by atoms with Crippen molar-refractivity contribution in [3.63, 3.8) is 0 Å². The first-order valence-electron chi connectivity index (χ1n) is 9.35. The number of carbonyl (C=O) groups excluding carboxylic acids is 1. The monoisotopic (exact) mass is 402 g/mol. The quantitative estimate of drug-likeness (QED) is 0.744. The topological polar surface area (TPSA) is 66.9 Å². The van der Waals surface area contributed by atoms with Gasteiger partial charge in [0.25, 0.3) is 5.91 Å². The van der Waals surface area contributed by atoms with Crippen LogP contribution < -0.4 is 4.74 Å². The minimum atomic E-state index is -3.39. The number of amides is 1. The van der Waals surface area contributed by atoms with Gasteiger partial charge in [-0.3, -0.25) is 4.79 Å². The lowest BCUT2D eigenvalue weighted by Gasteiger charge is -2.34. The maximum absolute atomic E-state index is 12.6. The molecule has 0 aromatic heterocycles. The van der Waals surface area contributed by atoms with Crippen LogP contribution in [0.1, 0.15) is 16.7 Å². The summed E-state index contributed by atoms with van der Waals surface area (Å²) in [6.07, 6.45) is 0. The van der Waals surface area contributed by atoms with Crippen molar-refractivity contribution in [1.29, 1.82) is 0 Å². The van der Waals surface area contributed by atoms with E-state index in [1.54, 1.807) is 4.90 Å². The fourth-order valence-corrected chi connectivity index (χ4v) is 4.80. The van der Waals surface area contributed by atoms with Gasteiger partial charge in [-0.15, -0.1) is 0 Å². The second-order valence-electron chi connectivity index (χ2n) is 7.08. The summed E-state index contributed by atoms with van der Waals surface area (Å²) in [5, 5.41) is 0. The zero-order valence-corrected chi connectivity index (χ0v) is 17.1. The van der Waals surface area contributed by atoms with Gasteiger partial charge in [0.2, 0.25) is 10.0 Å². The Labute approximate surface area is 166 Å². The van der Waals surface area contributed by atoms with Gasteiger partial charge in [-0.05, 0) is 31.0 Å². The second-order valence-corrected chi connectivity index (χ2v) is 9.05. The zero-order chi connectivity index (χ0) is 20.1. The Bertz CT molecular complexity index is 921. The summed E-state index contributed by atoms with van der Waals surface area (Å²) in [7, 11) is -3.39. The second kappa shape index (κ2) is 8.75. The van der Waals surface area contributed by atoms with Crippen molar-refractivity contribution in [3.05, 3.63) is 65.2 Å². The lowest BCUT2D eigenvalue weighted by atomic mass is 10.1. The Hall–Kier alpha value is -2.38. The molecule has 0 aliphatic carbocycles. The van der Waals surface area contributed by atoms with E-state index in [0.29, 0.717) is 31.9 Å². The van der Waals surface area contributed by atoms with E-state index in [-0.39, 0.29) is 18.3 Å². The molecule has 1 amide bonds. The van der Waals surface area contributed by atoms with Gasteiger partial charge in [-0.1, -0.05) is 48.0 Å². The van der Waals surface area contributed by atoms with Crippen LogP contribution in [-0.2, 0) is 20.6 Å². The highest BCUT2D eigenvalue weighted by atomic mass is 32.2. The van der Waals surface area contributed by atoms with Crippen LogP contribution >= 0.6 is 0 Å². The maximum atomic E-state index is 12.6. The van der Waals surface area contributed by atoms with Gasteiger partial charge >= 0.3 is 0 Å². The Kier molecular flexibility index (Phi) is 6.36. The number of rotatable bonds is 6. The number of hydrogen-bond acceptors (Lipinski definition) is 4. The fraction of sp³-hybridized carbons (Fsp3) is 0.381. The molecule has 1 fully saturated rings. The van der Waals surface area contributed by atoms with Gasteiger partial charge in [0.1, 0.15) is 5.75 Å². The molecule has 7 heteroatoms. The van der Waals surface area contributed by atoms with Crippen LogP contribution in [0.15, 0.2) is 48.5 Å². The number of benzene rings is 2. The van der Waals surface area contributed by atoms with Crippen LogP contribution in [-0.4, -0.2) is 56.3 Å². The smallest absolute Gasteiger partial charge is 0.260 e. The summed E-state index contributed by atoms with van der Waals surface area (Å²) in [6, 6.07) is 15.0. The van der Waals surface area contributed by atoms with E-state index in [4.69, 9.17) is 4.74 Å². The number of aryl methyl sites for hydroxylation is 2. The molecule has 2 aromatic carbocycles. The molecule has 1 aliphatic rings. The summed E-state index contributed by atoms with van der Waals surface area (Å²) in [5.74, 6) is 0.556. The average Bonchev–Trinajstić information content (AvgIpc) is 2.67. The molecule has 28 heavy (non-hydrogen) atoms. The van der Waals surface area contributed by atoms with E-state index in [9.17, 15) is 13.2 Å². The van der Waals surface area contributed by atoms with Gasteiger partial charge in [0, 0.05) is 26.2 Å². The van der Waals surface area contributed by atoms with Gasteiger partial charge in [0.15, 0.2) is 6.61 Å². The van der Waals surface area contributed by atoms with Gasteiger partial charge in [-0.25, -0.2) is 8.42 Å². The molecule has 3 rings (SSSR count). The number of sulfonamides is 1. The normalized spacial score (nSPS) is 15.4. The van der Waals surface area contributed by atoms with E-state index < -0.39 is 10.0 Å². The Morgan fingerprint density at radius 3 is 2.32 bits per heavy atom. The van der Waals surface area contributed by atoms with E-state index in [1.807, 2.05) is 62.4 Å². The van der Waals surface area contributed by atoms with E-state index in [2.05, 4.69) is 0 Å². The lowest BCUT2D eigenvalue weighted by Crippen LogP contribution is -2.51. The van der Waals surface area contributed by atoms with Gasteiger partial charge in [-0.2, -0.15) is 4.31 Å². The molecular formula is C21H26N2O4S. The Morgan fingerprint density at radius 1 is 1.00 bits per heavy atom. The van der Waals surface area contributed by atoms with Crippen LogP contribution in [0, 0.1) is 13.8 Å². The van der Waals surface area contributed by atoms with Crippen molar-refractivity contribution in [2.24, 2.45) is 0 Å². The zero-order valence-electron chi connectivity index (χ0n) is 16.3. The first-order valence-corrected chi connectivity index (χ1v) is 11.0. The largest absolute Gasteiger partial charge is 0.484 e. The molecule has 1 saturated heterocycles. The Morgan fingerprint density at radius 2 is 1.68 bits per heavy atom. The van der Waals surface area contributed by atoms with Crippen molar-refractivity contribution in [2.75, 3.05) is 32.8 Å². The van der Waals surface area contributed by atoms with Crippen LogP contribution in [0.3, 0.4) is 0 Å². The predicted octanol–water partition coefficient (Wildman–Crippen LogP) is 2.36. The molecule has 0 N–H and O–H groups in total. The highest BCUT2D eigenvalue weighted by Gasteiger charge is 2.29. The summed E-state index contributed by atoms with van der Waals surface area (Å²) in [6.45, 7) is 5.29. The SMILES string of the molecule is Cc1ccc(OCC(=O)N2CCN(S(=O)(=O)Cc3ccccc3)CC2)c(C)c1. The molecule has 150 valence electrons. The molecule has 0 unspecified atom stereocenters. The molecule has 2 aromatic rings. The molecule has 6 nitrogen and oxygen atoms in total. The minimum absolute atomic E-state index is 0.0163. The van der Waals surface area contributed by atoms with Gasteiger partial charge in [0.05, 0.1) is 5.75 Å². The van der Waals surface area contributed by atoms with Crippen LogP contribution in [0.4, 0.5) is 0 Å². The summed E-state index contributed by atoms with van der Waals surface area (Å²) in [4.78, 5) is 14.1. The number of nitrogens with zero attached hydrogens (tertiary/aromatic N) is 2. The number of ether oxygens (including phenoxy) is 1. The maximum Gasteiger partial charge on any atom is 0.260 e. The van der Waals surface area contributed by atoms with Crippen LogP contribution in [0.2, 0.25) is 0 Å². The van der Waals surface area contributed by atoms with Crippen molar-refractivity contribution in [2.45, 2.75) is 19.6 Å². The molecule has 0 spiro atoms. The third-order valence-corrected chi connectivity index (χ3v) is 6.71. The van der Waals surface area contributed by atoms with Crippen molar-refractivity contribution >= 4 is 15.9 Å². The molecule has 0 atom stereocenters. The standard InChI is InChI=1S/C21H26N2O4S/c1-17-8-9-20(18(2)14-17)27-15-21(24)22-10-12-23(13-11-22)28(25,26)16-19-6-4-3-5-7-19/h3-9,14H,10-13,15-16H2,1-2H3. The van der Waals surface area contributed by atoms with Crippen LogP contribution in [0.25, 0.3) is 0 Å². The molecule has 0 bridgehead atoms. The summed E-state index contributed by atoms with van der Waals surface area (Å²) >= 11 is 0. The van der Waals surface area contributed by atoms with E-state index in [1.165, 1.54) is 4.31 Å². The number of carbonyl (C=O) groups is 1. The molecule has 1 heterocycles. The fourth-order valence-electron chi connectivity index (χ4n) is 3.28. The first kappa shape index (κ1) is 20.4. The Balaban J connectivity index is 1.51. The minimum Gasteiger partial charge on any atom is -0.484 e. The average molecular weight is 403 g/mol. The third kappa shape index (κ3) is 5.11. The van der Waals surface area contributed by atoms with E-state index >= 15 is 0 Å². The molecule has 1 aliphatic heterocycles. The van der Waals surface area contributed by atoms with Crippen LogP contribution in [0.5, 0.6) is 5.75 Å². The molecular weight excluding hydrogens is 376 g/mol. The summed E-state index contributed by atoms with van der Waals surface area (Å²) in [5.41, 5.74) is 2.90. The van der Waals surface area contributed by atoms with Crippen molar-refractivity contribution in [3.8, 4) is 5.75 Å².